The SMILES string of the molecule is C#CC(C)NC(=O)NC(C)(C)C(=O)O. The lowest BCUT2D eigenvalue weighted by Crippen LogP contribution is -2.54. The Morgan fingerprint density at radius 1 is 1.50 bits per heavy atom. The highest BCUT2D eigenvalue weighted by molar-refractivity contribution is 5.85. The minimum Gasteiger partial charge on any atom is -0.480 e. The molecule has 0 fully saturated rings. The molecule has 0 saturated carbocycles. The maximum atomic E-state index is 11.2. The highest BCUT2D eigenvalue weighted by Crippen LogP contribution is 2.00. The van der Waals surface area contributed by atoms with Crippen LogP contribution in [0.4, 0.5) is 4.79 Å². The Morgan fingerprint density at radius 2 is 2.00 bits per heavy atom. The van der Waals surface area contributed by atoms with Gasteiger partial charge in [-0.05, 0) is 20.8 Å². The van der Waals surface area contributed by atoms with Gasteiger partial charge in [-0.15, -0.1) is 6.42 Å². The molecule has 0 bridgehead atoms. The first-order chi connectivity index (χ1) is 6.29. The van der Waals surface area contributed by atoms with E-state index < -0.39 is 23.6 Å². The van der Waals surface area contributed by atoms with Crippen LogP contribution in [-0.2, 0) is 4.79 Å². The number of carbonyl (C=O) groups is 2. The van der Waals surface area contributed by atoms with Crippen molar-refractivity contribution in [2.75, 3.05) is 0 Å². The molecule has 5 heteroatoms. The van der Waals surface area contributed by atoms with E-state index in [-0.39, 0.29) is 0 Å². The minimum absolute atomic E-state index is 0.431. The molecule has 0 rings (SSSR count). The summed E-state index contributed by atoms with van der Waals surface area (Å²) in [5.74, 6) is 1.18. The van der Waals surface area contributed by atoms with Crippen LogP contribution in [0.15, 0.2) is 0 Å². The molecule has 0 spiro atoms. The molecule has 0 aromatic carbocycles. The summed E-state index contributed by atoms with van der Waals surface area (Å²) in [6.07, 6.45) is 5.04. The number of aliphatic carboxylic acids is 1. The van der Waals surface area contributed by atoms with E-state index in [0.717, 1.165) is 0 Å². The zero-order chi connectivity index (χ0) is 11.4. The van der Waals surface area contributed by atoms with Crippen molar-refractivity contribution in [3.05, 3.63) is 0 Å². The number of urea groups is 1. The van der Waals surface area contributed by atoms with E-state index in [1.54, 1.807) is 6.92 Å². The lowest BCUT2D eigenvalue weighted by atomic mass is 10.1. The van der Waals surface area contributed by atoms with Gasteiger partial charge in [-0.1, -0.05) is 5.92 Å². The fraction of sp³-hybridized carbons (Fsp3) is 0.556. The van der Waals surface area contributed by atoms with Crippen molar-refractivity contribution in [1.82, 2.24) is 10.6 Å². The quantitative estimate of drug-likeness (QED) is 0.566. The molecule has 5 nitrogen and oxygen atoms in total. The number of carboxylic acids is 1. The van der Waals surface area contributed by atoms with E-state index in [9.17, 15) is 9.59 Å². The van der Waals surface area contributed by atoms with Crippen LogP contribution >= 0.6 is 0 Å². The molecule has 0 aliphatic carbocycles. The van der Waals surface area contributed by atoms with Crippen LogP contribution in [0.3, 0.4) is 0 Å². The van der Waals surface area contributed by atoms with E-state index in [1.807, 2.05) is 0 Å². The molecule has 78 valence electrons. The Labute approximate surface area is 82.9 Å². The summed E-state index contributed by atoms with van der Waals surface area (Å²) < 4.78 is 0. The van der Waals surface area contributed by atoms with Crippen LogP contribution in [0.5, 0.6) is 0 Å². The van der Waals surface area contributed by atoms with Crippen LogP contribution in [-0.4, -0.2) is 28.7 Å². The molecule has 3 N–H and O–H groups in total. The first-order valence-electron chi connectivity index (χ1n) is 4.08. The topological polar surface area (TPSA) is 78.4 Å². The number of hydrogen-bond donors (Lipinski definition) is 3. The fourth-order valence-electron chi connectivity index (χ4n) is 0.612. The predicted octanol–water partition coefficient (Wildman–Crippen LogP) is 0.170. The molecule has 14 heavy (non-hydrogen) atoms. The van der Waals surface area contributed by atoms with Gasteiger partial charge in [-0.2, -0.15) is 0 Å². The molecule has 0 radical (unpaired) electrons. The van der Waals surface area contributed by atoms with Crippen molar-refractivity contribution in [1.29, 1.82) is 0 Å². The Morgan fingerprint density at radius 3 is 2.36 bits per heavy atom. The number of terminal acetylenes is 1. The van der Waals surface area contributed by atoms with Crippen LogP contribution < -0.4 is 10.6 Å². The van der Waals surface area contributed by atoms with Crippen molar-refractivity contribution >= 4 is 12.0 Å². The Bertz CT molecular complexity index is 278. The highest BCUT2D eigenvalue weighted by Gasteiger charge is 2.28. The Kier molecular flexibility index (Phi) is 3.96. The molecular formula is C9H14N2O3. The number of hydrogen-bond acceptors (Lipinski definition) is 2. The average molecular weight is 198 g/mol. The molecule has 1 atom stereocenters. The van der Waals surface area contributed by atoms with Gasteiger partial charge in [0.25, 0.3) is 0 Å². The number of carbonyl (C=O) groups excluding carboxylic acids is 1. The summed E-state index contributed by atoms with van der Waals surface area (Å²) in [6.45, 7) is 4.39. The Hall–Kier alpha value is -1.70. The molecular weight excluding hydrogens is 184 g/mol. The van der Waals surface area contributed by atoms with Gasteiger partial charge < -0.3 is 15.7 Å². The zero-order valence-corrected chi connectivity index (χ0v) is 8.42. The van der Waals surface area contributed by atoms with Gasteiger partial charge in [-0.3, -0.25) is 0 Å². The average Bonchev–Trinajstić information content (AvgIpc) is 2.02. The van der Waals surface area contributed by atoms with E-state index in [2.05, 4.69) is 16.6 Å². The maximum Gasteiger partial charge on any atom is 0.328 e. The van der Waals surface area contributed by atoms with Crippen LogP contribution in [0, 0.1) is 12.3 Å². The summed E-state index contributed by atoms with van der Waals surface area (Å²) in [6, 6.07) is -1.03. The lowest BCUT2D eigenvalue weighted by molar-refractivity contribution is -0.142. The third kappa shape index (κ3) is 3.81. The van der Waals surface area contributed by atoms with Crippen molar-refractivity contribution in [3.63, 3.8) is 0 Å². The number of nitrogens with one attached hydrogen (secondary N) is 2. The number of rotatable bonds is 3. The Balaban J connectivity index is 4.21. The lowest BCUT2D eigenvalue weighted by Gasteiger charge is -2.21. The molecule has 0 aromatic rings. The molecule has 0 aliphatic rings. The highest BCUT2D eigenvalue weighted by atomic mass is 16.4. The molecule has 0 saturated heterocycles. The van der Waals surface area contributed by atoms with Gasteiger partial charge in [0.15, 0.2) is 0 Å². The van der Waals surface area contributed by atoms with Crippen molar-refractivity contribution in [3.8, 4) is 12.3 Å². The third-order valence-electron chi connectivity index (χ3n) is 1.56. The standard InChI is InChI=1S/C9H14N2O3/c1-5-6(2)10-8(14)11-9(3,4)7(12)13/h1,6H,2-4H3,(H,12,13)(H2,10,11,14). The van der Waals surface area contributed by atoms with Crippen molar-refractivity contribution in [2.45, 2.75) is 32.4 Å². The molecule has 0 heterocycles. The monoisotopic (exact) mass is 198 g/mol. The normalized spacial score (nSPS) is 12.4. The smallest absolute Gasteiger partial charge is 0.328 e. The van der Waals surface area contributed by atoms with E-state index >= 15 is 0 Å². The van der Waals surface area contributed by atoms with Crippen LogP contribution in [0.2, 0.25) is 0 Å². The van der Waals surface area contributed by atoms with Gasteiger partial charge in [0.1, 0.15) is 5.54 Å². The largest absolute Gasteiger partial charge is 0.480 e. The second kappa shape index (κ2) is 4.51. The van der Waals surface area contributed by atoms with Gasteiger partial charge in [0.2, 0.25) is 0 Å². The minimum atomic E-state index is -1.31. The second-order valence-corrected chi connectivity index (χ2v) is 3.42. The summed E-state index contributed by atoms with van der Waals surface area (Å²) in [7, 11) is 0. The second-order valence-electron chi connectivity index (χ2n) is 3.42. The maximum absolute atomic E-state index is 11.2. The van der Waals surface area contributed by atoms with E-state index in [4.69, 9.17) is 11.5 Å². The van der Waals surface area contributed by atoms with Gasteiger partial charge in [0, 0.05) is 0 Å². The molecule has 2 amide bonds. The van der Waals surface area contributed by atoms with Gasteiger partial charge >= 0.3 is 12.0 Å². The molecule has 0 aromatic heterocycles. The third-order valence-corrected chi connectivity index (χ3v) is 1.56. The van der Waals surface area contributed by atoms with Crippen molar-refractivity contribution < 1.29 is 14.7 Å². The van der Waals surface area contributed by atoms with E-state index in [0.29, 0.717) is 0 Å². The zero-order valence-electron chi connectivity index (χ0n) is 8.42. The van der Waals surface area contributed by atoms with Gasteiger partial charge in [0.05, 0.1) is 6.04 Å². The fourth-order valence-corrected chi connectivity index (χ4v) is 0.612. The first-order valence-corrected chi connectivity index (χ1v) is 4.08. The summed E-state index contributed by atoms with van der Waals surface area (Å²) in [4.78, 5) is 21.8. The van der Waals surface area contributed by atoms with Crippen LogP contribution in [0.1, 0.15) is 20.8 Å². The summed E-state index contributed by atoms with van der Waals surface area (Å²) >= 11 is 0. The van der Waals surface area contributed by atoms with Crippen molar-refractivity contribution in [2.24, 2.45) is 0 Å². The predicted molar refractivity (Wildman–Crippen MR) is 51.7 cm³/mol. The first kappa shape index (κ1) is 12.3. The van der Waals surface area contributed by atoms with E-state index in [1.165, 1.54) is 13.8 Å². The van der Waals surface area contributed by atoms with Crippen LogP contribution in [0.25, 0.3) is 0 Å². The van der Waals surface area contributed by atoms with Gasteiger partial charge in [-0.25, -0.2) is 9.59 Å². The summed E-state index contributed by atoms with van der Waals surface area (Å²) in [5, 5.41) is 13.4. The summed E-state index contributed by atoms with van der Waals surface area (Å²) in [5.41, 5.74) is -1.31. The molecule has 0 aliphatic heterocycles. The number of carboxylic acid groups (broad SMARTS) is 1. The number of amides is 2. The molecule has 1 unspecified atom stereocenters.